The molecule has 8 unspecified atom stereocenters. The van der Waals surface area contributed by atoms with Gasteiger partial charge in [0.25, 0.3) is 0 Å². The molecule has 0 saturated carbocycles. The van der Waals surface area contributed by atoms with Crippen molar-refractivity contribution >= 4 is 11.9 Å². The minimum Gasteiger partial charge on any atom is -0.454 e. The molecule has 1 fully saturated rings. The van der Waals surface area contributed by atoms with E-state index in [1.54, 1.807) is 6.08 Å². The zero-order valence-corrected chi connectivity index (χ0v) is 42.2. The molecule has 0 aliphatic carbocycles. The zero-order valence-electron chi connectivity index (χ0n) is 42.2. The van der Waals surface area contributed by atoms with Crippen molar-refractivity contribution in [2.45, 2.75) is 224 Å². The Balaban J connectivity index is 2.83. The van der Waals surface area contributed by atoms with Crippen LogP contribution in [0.2, 0.25) is 0 Å². The second-order valence-electron chi connectivity index (χ2n) is 17.6. The van der Waals surface area contributed by atoms with Crippen molar-refractivity contribution in [3.05, 3.63) is 109 Å². The number of nitrogens with one attached hydrogen (secondary N) is 1. The lowest BCUT2D eigenvalue weighted by Gasteiger charge is -2.41. The highest BCUT2D eigenvalue weighted by atomic mass is 16.7. The minimum atomic E-state index is -1.64. The molecule has 1 amide bonds. The summed E-state index contributed by atoms with van der Waals surface area (Å²) >= 11 is 0. The maximum absolute atomic E-state index is 13.3. The Labute approximate surface area is 411 Å². The lowest BCUT2D eigenvalue weighted by atomic mass is 9.99. The number of ether oxygens (including phenoxy) is 3. The first-order valence-electron chi connectivity index (χ1n) is 26.2. The van der Waals surface area contributed by atoms with Gasteiger partial charge in [-0.2, -0.15) is 0 Å². The lowest BCUT2D eigenvalue weighted by Crippen LogP contribution is -2.61. The number of carbonyl (C=O) groups is 2. The second-order valence-corrected chi connectivity index (χ2v) is 17.6. The van der Waals surface area contributed by atoms with Gasteiger partial charge in [0.1, 0.15) is 24.4 Å². The van der Waals surface area contributed by atoms with Crippen LogP contribution in [0.25, 0.3) is 0 Å². The number of hydrogen-bond acceptors (Lipinski definition) is 10. The smallest absolute Gasteiger partial charge is 0.306 e. The van der Waals surface area contributed by atoms with Crippen LogP contribution in [0.1, 0.15) is 175 Å². The standard InChI is InChI=1S/C57H93NO10/c1-4-7-10-13-16-19-22-24-25-27-30-33-36-39-42-45-52(62)68-55-54(64)53(63)51(46-59)67-57(55)66-47-48(49(60)43-40-37-34-31-28-21-18-15-12-9-6-3)58-56(65)50(61)44-41-38-35-32-29-26-23-20-17-14-11-8-5-2/h7-8,10-11,13,16-17,19-20,22,24-27,29-30,40,43,48-51,53-55,57,59-61,63-64H,4-6,9,12,14-15,18,21,23,28,31-39,41-42,44-47H2,1-3H3,(H,58,65)/b10-7+,11-8+,16-13+,20-17+,22-19-,25-24-,29-26+,30-27+,43-40+. The minimum absolute atomic E-state index is 0.0651. The van der Waals surface area contributed by atoms with Gasteiger partial charge in [-0.15, -0.1) is 0 Å². The third-order valence-corrected chi connectivity index (χ3v) is 11.5. The maximum atomic E-state index is 13.3. The van der Waals surface area contributed by atoms with E-state index >= 15 is 0 Å². The normalized spacial score (nSPS) is 20.9. The Kier molecular flexibility index (Phi) is 40.8. The van der Waals surface area contributed by atoms with E-state index in [9.17, 15) is 35.1 Å². The summed E-state index contributed by atoms with van der Waals surface area (Å²) < 4.78 is 17.5. The van der Waals surface area contributed by atoms with Crippen LogP contribution < -0.4 is 5.32 Å². The van der Waals surface area contributed by atoms with E-state index in [0.29, 0.717) is 12.8 Å². The molecule has 1 rings (SSSR count). The van der Waals surface area contributed by atoms with Gasteiger partial charge in [0, 0.05) is 6.42 Å². The third kappa shape index (κ3) is 33.0. The first-order chi connectivity index (χ1) is 33.2. The molecule has 0 aromatic rings. The van der Waals surface area contributed by atoms with Crippen LogP contribution in [0.15, 0.2) is 109 Å². The van der Waals surface area contributed by atoms with Gasteiger partial charge in [-0.3, -0.25) is 9.59 Å². The summed E-state index contributed by atoms with van der Waals surface area (Å²) in [5.41, 5.74) is 0. The number of aliphatic hydroxyl groups is 5. The van der Waals surface area contributed by atoms with Gasteiger partial charge in [-0.1, -0.05) is 201 Å². The van der Waals surface area contributed by atoms with Gasteiger partial charge >= 0.3 is 5.97 Å². The van der Waals surface area contributed by atoms with Crippen molar-refractivity contribution in [2.75, 3.05) is 13.2 Å². The summed E-state index contributed by atoms with van der Waals surface area (Å²) in [6, 6.07) is -1.05. The van der Waals surface area contributed by atoms with Crippen LogP contribution in [-0.2, 0) is 23.8 Å². The van der Waals surface area contributed by atoms with Gasteiger partial charge in [0.2, 0.25) is 5.91 Å². The van der Waals surface area contributed by atoms with Crippen LogP contribution >= 0.6 is 0 Å². The molecule has 11 heteroatoms. The maximum Gasteiger partial charge on any atom is 0.306 e. The summed E-state index contributed by atoms with van der Waals surface area (Å²) in [4.78, 5) is 26.3. The highest BCUT2D eigenvalue weighted by Crippen LogP contribution is 2.26. The fourth-order valence-corrected chi connectivity index (χ4v) is 7.39. The molecule has 6 N–H and O–H groups in total. The van der Waals surface area contributed by atoms with Crippen molar-refractivity contribution in [1.82, 2.24) is 5.32 Å². The quantitative estimate of drug-likeness (QED) is 0.0150. The van der Waals surface area contributed by atoms with Crippen LogP contribution in [0.5, 0.6) is 0 Å². The first kappa shape index (κ1) is 62.3. The van der Waals surface area contributed by atoms with Gasteiger partial charge in [-0.25, -0.2) is 0 Å². The molecule has 0 radical (unpaired) electrons. The summed E-state index contributed by atoms with van der Waals surface area (Å²) in [7, 11) is 0. The molecule has 11 nitrogen and oxygen atoms in total. The fourth-order valence-electron chi connectivity index (χ4n) is 7.39. The second kappa shape index (κ2) is 44.5. The number of unbranched alkanes of at least 4 members (excludes halogenated alkanes) is 15. The van der Waals surface area contributed by atoms with Crippen LogP contribution in [0.3, 0.4) is 0 Å². The topological polar surface area (TPSA) is 175 Å². The van der Waals surface area contributed by atoms with E-state index in [2.05, 4.69) is 74.7 Å². The molecule has 1 aliphatic heterocycles. The average molecular weight is 952 g/mol. The highest BCUT2D eigenvalue weighted by molar-refractivity contribution is 5.80. The van der Waals surface area contributed by atoms with Crippen LogP contribution in [-0.4, -0.2) is 99.6 Å². The number of allylic oxidation sites excluding steroid dienone is 17. The number of aliphatic hydroxyl groups excluding tert-OH is 5. The molecule has 68 heavy (non-hydrogen) atoms. The largest absolute Gasteiger partial charge is 0.454 e. The molecule has 1 saturated heterocycles. The number of amides is 1. The summed E-state index contributed by atoms with van der Waals surface area (Å²) in [5.74, 6) is -1.28. The molecule has 1 heterocycles. The summed E-state index contributed by atoms with van der Waals surface area (Å²) in [6.45, 7) is 5.43. The lowest BCUT2D eigenvalue weighted by molar-refractivity contribution is -0.305. The molecule has 8 atom stereocenters. The molecular formula is C57H93NO10. The highest BCUT2D eigenvalue weighted by Gasteiger charge is 2.47. The van der Waals surface area contributed by atoms with Gasteiger partial charge in [0.05, 0.1) is 25.4 Å². The average Bonchev–Trinajstić information content (AvgIpc) is 3.33. The predicted octanol–water partition coefficient (Wildman–Crippen LogP) is 11.0. The Morgan fingerprint density at radius 1 is 0.603 bits per heavy atom. The van der Waals surface area contributed by atoms with Crippen molar-refractivity contribution in [3.8, 4) is 0 Å². The first-order valence-corrected chi connectivity index (χ1v) is 26.2. The number of hydrogen-bond donors (Lipinski definition) is 6. The predicted molar refractivity (Wildman–Crippen MR) is 278 cm³/mol. The molecule has 0 aromatic heterocycles. The van der Waals surface area contributed by atoms with Crippen molar-refractivity contribution < 1.29 is 49.3 Å². The zero-order chi connectivity index (χ0) is 49.7. The number of carbonyl (C=O) groups excluding carboxylic acids is 2. The third-order valence-electron chi connectivity index (χ3n) is 11.5. The van der Waals surface area contributed by atoms with Gasteiger partial charge < -0.3 is 45.1 Å². The van der Waals surface area contributed by atoms with E-state index in [0.717, 1.165) is 89.9 Å². The summed E-state index contributed by atoms with van der Waals surface area (Å²) in [6.07, 6.45) is 48.6. The van der Waals surface area contributed by atoms with E-state index in [1.807, 2.05) is 54.7 Å². The molecule has 1 aliphatic rings. The van der Waals surface area contributed by atoms with E-state index in [1.165, 1.54) is 38.5 Å². The summed E-state index contributed by atoms with van der Waals surface area (Å²) in [5, 5.41) is 56.6. The van der Waals surface area contributed by atoms with E-state index < -0.39 is 67.4 Å². The fraction of sp³-hybridized carbons (Fsp3) is 0.649. The van der Waals surface area contributed by atoms with Crippen molar-refractivity contribution in [3.63, 3.8) is 0 Å². The number of esters is 1. The SMILES string of the molecule is CC/C=C/C=C/C=C\C=C/C=C/CCCCCC(=O)OC1C(OCC(NC(=O)C(O)CCCCC/C=C/C/C=C/C/C=C/CC)C(O)/C=C/CCCCCCCCCCC)OC(CO)C(O)C1O. The van der Waals surface area contributed by atoms with E-state index in [4.69, 9.17) is 14.2 Å². The molecule has 0 spiro atoms. The van der Waals surface area contributed by atoms with Crippen LogP contribution in [0, 0.1) is 0 Å². The Hall–Kier alpha value is -3.68. The molecular weight excluding hydrogens is 859 g/mol. The van der Waals surface area contributed by atoms with Gasteiger partial charge in [-0.05, 0) is 77.0 Å². The monoisotopic (exact) mass is 952 g/mol. The van der Waals surface area contributed by atoms with Crippen molar-refractivity contribution in [1.29, 1.82) is 0 Å². The molecule has 0 aromatic carbocycles. The Bertz CT molecular complexity index is 1510. The Morgan fingerprint density at radius 2 is 1.13 bits per heavy atom. The van der Waals surface area contributed by atoms with Crippen molar-refractivity contribution in [2.24, 2.45) is 0 Å². The van der Waals surface area contributed by atoms with E-state index in [-0.39, 0.29) is 19.4 Å². The van der Waals surface area contributed by atoms with Crippen LogP contribution in [0.4, 0.5) is 0 Å². The molecule has 386 valence electrons. The number of rotatable bonds is 41. The Morgan fingerprint density at radius 3 is 1.76 bits per heavy atom. The van der Waals surface area contributed by atoms with Gasteiger partial charge in [0.15, 0.2) is 12.4 Å². The molecule has 0 bridgehead atoms.